The van der Waals surface area contributed by atoms with Gasteiger partial charge in [-0.15, -0.1) is 32.9 Å². The molecule has 0 radical (unpaired) electrons. The third-order valence-electron chi connectivity index (χ3n) is 5.08. The molecule has 1 fully saturated rings. The molecule has 11 heteroatoms. The highest BCUT2D eigenvalue weighted by Gasteiger charge is 2.30. The summed E-state index contributed by atoms with van der Waals surface area (Å²) in [5.74, 6) is 2.28. The molecular formula is C22H21N5O3S3. The number of ether oxygens (including phenoxy) is 2. The Kier molecular flexibility index (Phi) is 6.34. The summed E-state index contributed by atoms with van der Waals surface area (Å²) in [6.07, 6.45) is 2.24. The fourth-order valence-corrected chi connectivity index (χ4v) is 5.60. The Morgan fingerprint density at radius 2 is 2.03 bits per heavy atom. The smallest absolute Gasteiger partial charge is 0.236 e. The predicted octanol–water partition coefficient (Wildman–Crippen LogP) is 5.21. The molecule has 1 saturated carbocycles. The number of rotatable bonds is 9. The fourth-order valence-electron chi connectivity index (χ4n) is 3.36. The van der Waals surface area contributed by atoms with Gasteiger partial charge in [0.25, 0.3) is 0 Å². The van der Waals surface area contributed by atoms with E-state index in [-0.39, 0.29) is 11.7 Å². The second-order valence-electron chi connectivity index (χ2n) is 7.33. The third-order valence-corrected chi connectivity index (χ3v) is 7.65. The van der Waals surface area contributed by atoms with Gasteiger partial charge in [-0.25, -0.2) is 4.98 Å². The van der Waals surface area contributed by atoms with Gasteiger partial charge in [-0.2, -0.15) is 0 Å². The molecule has 1 aromatic carbocycles. The zero-order chi connectivity index (χ0) is 22.8. The van der Waals surface area contributed by atoms with Gasteiger partial charge in [-0.1, -0.05) is 17.8 Å². The number of carbonyl (C=O) groups is 1. The number of thiophene rings is 1. The molecule has 8 nitrogen and oxygen atoms in total. The first kappa shape index (κ1) is 21.9. The standard InChI is InChI=1S/C22H21N5O3S3/c1-29-16-8-5-13(10-17(16)30-2)15-11-32-21(23-15)24-19(28)12-33-22-26-25-20(18-4-3-9-31-18)27(22)14-6-7-14/h3-5,8-11,14H,6-7,12H2,1-2H3,(H,23,24,28). The van der Waals surface area contributed by atoms with Crippen molar-refractivity contribution in [1.29, 1.82) is 0 Å². The highest BCUT2D eigenvalue weighted by atomic mass is 32.2. The molecule has 33 heavy (non-hydrogen) atoms. The van der Waals surface area contributed by atoms with Crippen LogP contribution in [0.25, 0.3) is 22.0 Å². The zero-order valence-electron chi connectivity index (χ0n) is 18.0. The van der Waals surface area contributed by atoms with Crippen molar-refractivity contribution in [2.75, 3.05) is 25.3 Å². The van der Waals surface area contributed by atoms with Gasteiger partial charge in [0.15, 0.2) is 27.6 Å². The van der Waals surface area contributed by atoms with Crippen molar-refractivity contribution in [3.05, 3.63) is 41.1 Å². The average Bonchev–Trinajstić information content (AvgIpc) is 3.22. The number of methoxy groups -OCH3 is 2. The first-order chi connectivity index (χ1) is 16.2. The molecule has 0 aliphatic heterocycles. The molecule has 5 rings (SSSR count). The lowest BCUT2D eigenvalue weighted by atomic mass is 10.1. The minimum absolute atomic E-state index is 0.128. The summed E-state index contributed by atoms with van der Waals surface area (Å²) in [6, 6.07) is 10.1. The van der Waals surface area contributed by atoms with Crippen molar-refractivity contribution in [2.45, 2.75) is 24.0 Å². The summed E-state index contributed by atoms with van der Waals surface area (Å²) in [5, 5.41) is 16.9. The summed E-state index contributed by atoms with van der Waals surface area (Å²) < 4.78 is 12.8. The average molecular weight is 500 g/mol. The molecule has 0 saturated heterocycles. The van der Waals surface area contributed by atoms with Crippen LogP contribution in [0.2, 0.25) is 0 Å². The Hall–Kier alpha value is -2.89. The molecule has 170 valence electrons. The third kappa shape index (κ3) is 4.75. The number of thioether (sulfide) groups is 1. The second kappa shape index (κ2) is 9.54. The summed E-state index contributed by atoms with van der Waals surface area (Å²) in [4.78, 5) is 18.2. The van der Waals surface area contributed by atoms with E-state index in [1.807, 2.05) is 41.1 Å². The van der Waals surface area contributed by atoms with Crippen molar-refractivity contribution >= 4 is 45.5 Å². The number of amides is 1. The zero-order valence-corrected chi connectivity index (χ0v) is 20.4. The maximum atomic E-state index is 12.6. The van der Waals surface area contributed by atoms with Gasteiger partial charge in [0.2, 0.25) is 5.91 Å². The van der Waals surface area contributed by atoms with E-state index in [0.29, 0.717) is 22.7 Å². The summed E-state index contributed by atoms with van der Waals surface area (Å²) in [6.45, 7) is 0. The molecule has 3 heterocycles. The van der Waals surface area contributed by atoms with E-state index >= 15 is 0 Å². The summed E-state index contributed by atoms with van der Waals surface area (Å²) in [7, 11) is 3.20. The molecular weight excluding hydrogens is 478 g/mol. The SMILES string of the molecule is COc1ccc(-c2csc(NC(=O)CSc3nnc(-c4cccs4)n3C3CC3)n2)cc1OC. The van der Waals surface area contributed by atoms with Crippen molar-refractivity contribution in [3.63, 3.8) is 0 Å². The molecule has 3 aromatic heterocycles. The van der Waals surface area contributed by atoms with Gasteiger partial charge in [0.05, 0.1) is 30.5 Å². The molecule has 1 aliphatic rings. The number of aromatic nitrogens is 4. The lowest BCUT2D eigenvalue weighted by Gasteiger charge is -2.08. The summed E-state index contributed by atoms with van der Waals surface area (Å²) in [5.41, 5.74) is 1.65. The predicted molar refractivity (Wildman–Crippen MR) is 132 cm³/mol. The van der Waals surface area contributed by atoms with Crippen LogP contribution in [-0.2, 0) is 4.79 Å². The molecule has 4 aromatic rings. The normalized spacial score (nSPS) is 13.2. The Labute approximate surface area is 203 Å². The van der Waals surface area contributed by atoms with E-state index in [0.717, 1.165) is 40.0 Å². The first-order valence-corrected chi connectivity index (χ1v) is 13.0. The van der Waals surface area contributed by atoms with E-state index in [1.165, 1.54) is 23.1 Å². The van der Waals surface area contributed by atoms with Crippen molar-refractivity contribution < 1.29 is 14.3 Å². The Bertz CT molecular complexity index is 1260. The Morgan fingerprint density at radius 1 is 1.18 bits per heavy atom. The van der Waals surface area contributed by atoms with Crippen molar-refractivity contribution in [2.24, 2.45) is 0 Å². The van der Waals surface area contributed by atoms with Crippen LogP contribution in [0.5, 0.6) is 11.5 Å². The van der Waals surface area contributed by atoms with Crippen LogP contribution in [-0.4, -0.2) is 45.6 Å². The maximum Gasteiger partial charge on any atom is 0.236 e. The molecule has 0 spiro atoms. The van der Waals surface area contributed by atoms with Gasteiger partial charge in [0, 0.05) is 17.0 Å². The minimum Gasteiger partial charge on any atom is -0.493 e. The van der Waals surface area contributed by atoms with Crippen molar-refractivity contribution in [3.8, 4) is 33.5 Å². The van der Waals surface area contributed by atoms with E-state index in [2.05, 4.69) is 25.1 Å². The Morgan fingerprint density at radius 3 is 2.76 bits per heavy atom. The van der Waals surface area contributed by atoms with Crippen LogP contribution in [0.15, 0.2) is 46.2 Å². The van der Waals surface area contributed by atoms with Gasteiger partial charge in [0.1, 0.15) is 0 Å². The highest BCUT2D eigenvalue weighted by Crippen LogP contribution is 2.41. The number of anilines is 1. The van der Waals surface area contributed by atoms with Gasteiger partial charge in [-0.05, 0) is 42.5 Å². The monoisotopic (exact) mass is 499 g/mol. The molecule has 0 atom stereocenters. The van der Waals surface area contributed by atoms with Crippen LogP contribution in [0.4, 0.5) is 5.13 Å². The topological polar surface area (TPSA) is 91.2 Å². The lowest BCUT2D eigenvalue weighted by molar-refractivity contribution is -0.113. The van der Waals surface area contributed by atoms with Crippen LogP contribution in [0, 0.1) is 0 Å². The molecule has 1 amide bonds. The number of hydrogen-bond donors (Lipinski definition) is 1. The lowest BCUT2D eigenvalue weighted by Crippen LogP contribution is -2.14. The van der Waals surface area contributed by atoms with E-state index in [1.54, 1.807) is 25.6 Å². The summed E-state index contributed by atoms with van der Waals surface area (Å²) >= 11 is 4.43. The van der Waals surface area contributed by atoms with Crippen LogP contribution < -0.4 is 14.8 Å². The van der Waals surface area contributed by atoms with Crippen LogP contribution >= 0.6 is 34.4 Å². The molecule has 1 aliphatic carbocycles. The van der Waals surface area contributed by atoms with Crippen LogP contribution in [0.1, 0.15) is 18.9 Å². The van der Waals surface area contributed by atoms with Crippen molar-refractivity contribution in [1.82, 2.24) is 19.7 Å². The Balaban J connectivity index is 1.24. The highest BCUT2D eigenvalue weighted by molar-refractivity contribution is 7.99. The number of benzene rings is 1. The fraction of sp³-hybridized carbons (Fsp3) is 0.273. The van der Waals surface area contributed by atoms with Gasteiger partial charge >= 0.3 is 0 Å². The molecule has 1 N–H and O–H groups in total. The first-order valence-electron chi connectivity index (χ1n) is 10.3. The quantitative estimate of drug-likeness (QED) is 0.316. The number of hydrogen-bond acceptors (Lipinski definition) is 9. The van der Waals surface area contributed by atoms with Gasteiger partial charge < -0.3 is 14.8 Å². The largest absolute Gasteiger partial charge is 0.493 e. The second-order valence-corrected chi connectivity index (χ2v) is 10.1. The van der Waals surface area contributed by atoms with E-state index in [9.17, 15) is 4.79 Å². The van der Waals surface area contributed by atoms with E-state index in [4.69, 9.17) is 9.47 Å². The molecule has 0 bridgehead atoms. The molecule has 0 unspecified atom stereocenters. The number of nitrogens with zero attached hydrogens (tertiary/aromatic N) is 4. The number of thiazole rings is 1. The van der Waals surface area contributed by atoms with Gasteiger partial charge in [-0.3, -0.25) is 9.36 Å². The maximum absolute atomic E-state index is 12.6. The van der Waals surface area contributed by atoms with Crippen LogP contribution in [0.3, 0.4) is 0 Å². The number of carbonyl (C=O) groups excluding carboxylic acids is 1. The van der Waals surface area contributed by atoms with E-state index < -0.39 is 0 Å². The number of nitrogens with one attached hydrogen (secondary N) is 1. The minimum atomic E-state index is -0.128.